The van der Waals surface area contributed by atoms with Gasteiger partial charge in [0.05, 0.1) is 0 Å². The van der Waals surface area contributed by atoms with E-state index in [0.29, 0.717) is 13.3 Å². The molecule has 0 saturated carbocycles. The quantitative estimate of drug-likeness (QED) is 0.692. The number of benzene rings is 2. The van der Waals surface area contributed by atoms with Crippen LogP contribution in [0.3, 0.4) is 0 Å². The van der Waals surface area contributed by atoms with E-state index in [9.17, 15) is 9.18 Å². The van der Waals surface area contributed by atoms with Gasteiger partial charge in [-0.1, -0.05) is 12.1 Å². The maximum absolute atomic E-state index is 13.4. The molecule has 2 aromatic carbocycles. The molecule has 30 heavy (non-hydrogen) atoms. The van der Waals surface area contributed by atoms with Crippen LogP contribution in [0.4, 0.5) is 4.39 Å². The van der Waals surface area contributed by atoms with Crippen LogP contribution in [0.25, 0.3) is 0 Å². The zero-order valence-electron chi connectivity index (χ0n) is 17.6. The normalized spacial score (nSPS) is 21.3. The van der Waals surface area contributed by atoms with Crippen molar-refractivity contribution >= 4 is 5.91 Å². The number of halogens is 1. The van der Waals surface area contributed by atoms with E-state index >= 15 is 0 Å². The highest BCUT2D eigenvalue weighted by molar-refractivity contribution is 5.79. The summed E-state index contributed by atoms with van der Waals surface area (Å²) in [4.78, 5) is 17.4. The van der Waals surface area contributed by atoms with Crippen molar-refractivity contribution < 1.29 is 28.5 Å². The van der Waals surface area contributed by atoms with Crippen molar-refractivity contribution in [2.24, 2.45) is 0 Å². The van der Waals surface area contributed by atoms with Gasteiger partial charge in [-0.3, -0.25) is 4.79 Å². The van der Waals surface area contributed by atoms with Gasteiger partial charge in [-0.25, -0.2) is 4.39 Å². The van der Waals surface area contributed by atoms with Crippen molar-refractivity contribution in [1.29, 1.82) is 0 Å². The first-order valence-corrected chi connectivity index (χ1v) is 10.6. The Labute approximate surface area is 176 Å². The predicted molar refractivity (Wildman–Crippen MR) is 110 cm³/mol. The van der Waals surface area contributed by atoms with Gasteiger partial charge in [0.25, 0.3) is 5.91 Å². The lowest BCUT2D eigenvalue weighted by atomic mass is 10.1. The molecule has 1 atom stereocenters. The molecule has 160 valence electrons. The Morgan fingerprint density at radius 3 is 2.60 bits per heavy atom. The van der Waals surface area contributed by atoms with E-state index < -0.39 is 0 Å². The molecule has 0 aromatic heterocycles. The van der Waals surface area contributed by atoms with Crippen LogP contribution in [-0.4, -0.2) is 56.9 Å². The van der Waals surface area contributed by atoms with Crippen molar-refractivity contribution in [2.75, 3.05) is 40.0 Å². The molecule has 1 saturated heterocycles. The van der Waals surface area contributed by atoms with Gasteiger partial charge in [0.15, 0.2) is 17.5 Å². The smallest absolute Gasteiger partial charge is 0.280 e. The SMILES string of the molecule is C[C@H](C(=O)N(C)Cc1cccc(F)c1)[NH+]1CC[NH+](Cc2ccc3c(c2)OCO3)CC1. The lowest BCUT2D eigenvalue weighted by molar-refractivity contribution is -1.02. The van der Waals surface area contributed by atoms with Crippen LogP contribution in [-0.2, 0) is 17.9 Å². The number of ether oxygens (including phenoxy) is 2. The number of hydrogen-bond acceptors (Lipinski definition) is 3. The summed E-state index contributed by atoms with van der Waals surface area (Å²) in [5.74, 6) is 1.48. The van der Waals surface area contributed by atoms with Gasteiger partial charge in [0, 0.05) is 19.2 Å². The molecule has 2 aliphatic rings. The van der Waals surface area contributed by atoms with E-state index in [4.69, 9.17) is 9.47 Å². The fourth-order valence-electron chi connectivity index (χ4n) is 4.37. The molecule has 1 amide bonds. The molecule has 0 radical (unpaired) electrons. The molecular formula is C23H30FN3O3+2. The van der Waals surface area contributed by atoms with E-state index in [0.717, 1.165) is 49.8 Å². The summed E-state index contributed by atoms with van der Waals surface area (Å²) in [6, 6.07) is 12.5. The second-order valence-corrected chi connectivity index (χ2v) is 8.32. The number of quaternary nitrogens is 2. The van der Waals surface area contributed by atoms with Crippen LogP contribution < -0.4 is 19.3 Å². The number of amides is 1. The first kappa shape index (κ1) is 20.6. The van der Waals surface area contributed by atoms with Gasteiger partial charge in [-0.2, -0.15) is 0 Å². The summed E-state index contributed by atoms with van der Waals surface area (Å²) in [7, 11) is 1.80. The van der Waals surface area contributed by atoms with Crippen LogP contribution in [0.2, 0.25) is 0 Å². The molecule has 6 nitrogen and oxygen atoms in total. The number of fused-ring (bicyclic) bond motifs is 1. The topological polar surface area (TPSA) is 47.7 Å². The van der Waals surface area contributed by atoms with Crippen LogP contribution >= 0.6 is 0 Å². The fraction of sp³-hybridized carbons (Fsp3) is 0.435. The van der Waals surface area contributed by atoms with Crippen LogP contribution in [0.1, 0.15) is 18.1 Å². The van der Waals surface area contributed by atoms with Crippen molar-refractivity contribution in [3.05, 3.63) is 59.4 Å². The molecule has 0 aliphatic carbocycles. The summed E-state index contributed by atoms with van der Waals surface area (Å²) in [5, 5.41) is 0. The number of carbonyl (C=O) groups is 1. The summed E-state index contributed by atoms with van der Waals surface area (Å²) in [6.45, 7) is 7.64. The Hall–Kier alpha value is -2.64. The standard InChI is InChI=1S/C23H28FN3O3/c1-17(23(28)25(2)14-18-4-3-5-20(24)12-18)27-10-8-26(9-11-27)15-19-6-7-21-22(13-19)30-16-29-21/h3-7,12-13,17H,8-11,14-16H2,1-2H3/p+2/t17-/m1/s1. The largest absolute Gasteiger partial charge is 0.454 e. The van der Waals surface area contributed by atoms with E-state index in [2.05, 4.69) is 12.1 Å². The molecule has 4 rings (SSSR count). The molecular weight excluding hydrogens is 385 g/mol. The van der Waals surface area contributed by atoms with Gasteiger partial charge >= 0.3 is 0 Å². The lowest BCUT2D eigenvalue weighted by Gasteiger charge is -2.34. The molecule has 1 fully saturated rings. The van der Waals surface area contributed by atoms with Gasteiger partial charge in [-0.05, 0) is 42.8 Å². The second kappa shape index (κ2) is 9.02. The van der Waals surface area contributed by atoms with E-state index in [1.807, 2.05) is 19.1 Å². The molecule has 0 bridgehead atoms. The Kier molecular flexibility index (Phi) is 6.20. The van der Waals surface area contributed by atoms with Crippen molar-refractivity contribution in [3.63, 3.8) is 0 Å². The van der Waals surface area contributed by atoms with Crippen LogP contribution in [0.5, 0.6) is 11.5 Å². The average molecular weight is 416 g/mol. The Morgan fingerprint density at radius 1 is 1.07 bits per heavy atom. The van der Waals surface area contributed by atoms with Crippen molar-refractivity contribution in [1.82, 2.24) is 4.90 Å². The third-order valence-corrected chi connectivity index (χ3v) is 6.16. The Morgan fingerprint density at radius 2 is 1.83 bits per heavy atom. The van der Waals surface area contributed by atoms with Gasteiger partial charge in [-0.15, -0.1) is 0 Å². The van der Waals surface area contributed by atoms with Crippen LogP contribution in [0.15, 0.2) is 42.5 Å². The summed E-state index contributed by atoms with van der Waals surface area (Å²) >= 11 is 0. The summed E-state index contributed by atoms with van der Waals surface area (Å²) < 4.78 is 24.3. The molecule has 2 heterocycles. The molecule has 0 unspecified atom stereocenters. The zero-order chi connectivity index (χ0) is 21.1. The molecule has 2 aliphatic heterocycles. The zero-order valence-corrected chi connectivity index (χ0v) is 17.6. The number of hydrogen-bond donors (Lipinski definition) is 2. The third-order valence-electron chi connectivity index (χ3n) is 6.16. The van der Waals surface area contributed by atoms with Gasteiger partial charge in [0.2, 0.25) is 6.79 Å². The highest BCUT2D eigenvalue weighted by atomic mass is 19.1. The minimum atomic E-state index is -0.270. The number of nitrogens with one attached hydrogen (secondary N) is 2. The minimum absolute atomic E-state index is 0.101. The Bertz CT molecular complexity index is 899. The van der Waals surface area contributed by atoms with Gasteiger partial charge < -0.3 is 24.2 Å². The van der Waals surface area contributed by atoms with E-state index in [1.54, 1.807) is 18.0 Å². The number of piperazine rings is 1. The summed E-state index contributed by atoms with van der Waals surface area (Å²) in [6.07, 6.45) is 0. The molecule has 0 spiro atoms. The minimum Gasteiger partial charge on any atom is -0.454 e. The number of likely N-dealkylation sites (N-methyl/N-ethyl adjacent to an activating group) is 1. The highest BCUT2D eigenvalue weighted by Gasteiger charge is 2.32. The number of rotatable bonds is 6. The molecule has 2 N–H and O–H groups in total. The lowest BCUT2D eigenvalue weighted by Crippen LogP contribution is -3.29. The third kappa shape index (κ3) is 4.74. The first-order chi connectivity index (χ1) is 14.5. The summed E-state index contributed by atoms with van der Waals surface area (Å²) in [5.41, 5.74) is 2.06. The maximum Gasteiger partial charge on any atom is 0.280 e. The van der Waals surface area contributed by atoms with Crippen LogP contribution in [0, 0.1) is 5.82 Å². The number of carbonyl (C=O) groups excluding carboxylic acids is 1. The number of nitrogens with zero attached hydrogens (tertiary/aromatic N) is 1. The second-order valence-electron chi connectivity index (χ2n) is 8.32. The fourth-order valence-corrected chi connectivity index (χ4v) is 4.37. The molecule has 7 heteroatoms. The molecule has 2 aromatic rings. The monoisotopic (exact) mass is 415 g/mol. The van der Waals surface area contributed by atoms with Gasteiger partial charge in [0.1, 0.15) is 38.5 Å². The van der Waals surface area contributed by atoms with Crippen molar-refractivity contribution in [3.8, 4) is 11.5 Å². The average Bonchev–Trinajstić information content (AvgIpc) is 3.21. The first-order valence-electron chi connectivity index (χ1n) is 10.6. The van der Waals surface area contributed by atoms with E-state index in [-0.39, 0.29) is 17.8 Å². The van der Waals surface area contributed by atoms with Crippen molar-refractivity contribution in [2.45, 2.75) is 26.1 Å². The van der Waals surface area contributed by atoms with E-state index in [1.165, 1.54) is 27.5 Å². The predicted octanol–water partition coefficient (Wildman–Crippen LogP) is -0.115. The highest BCUT2D eigenvalue weighted by Crippen LogP contribution is 2.32. The maximum atomic E-state index is 13.4. The Balaban J connectivity index is 1.27.